The largest absolute Gasteiger partial charge is 0.493 e. The van der Waals surface area contributed by atoms with Crippen LogP contribution in [0, 0.1) is 6.92 Å². The van der Waals surface area contributed by atoms with Crippen LogP contribution < -0.4 is 25.0 Å². The lowest BCUT2D eigenvalue weighted by atomic mass is 10.1. The molecule has 31 heavy (non-hydrogen) atoms. The van der Waals surface area contributed by atoms with Gasteiger partial charge in [-0.25, -0.2) is 9.78 Å². The maximum absolute atomic E-state index is 12.5. The van der Waals surface area contributed by atoms with Crippen molar-refractivity contribution in [3.8, 4) is 11.5 Å². The number of amides is 2. The highest BCUT2D eigenvalue weighted by Crippen LogP contribution is 2.30. The van der Waals surface area contributed by atoms with E-state index in [2.05, 4.69) is 28.5 Å². The molecule has 2 amide bonds. The number of ether oxygens (including phenoxy) is 3. The third kappa shape index (κ3) is 4.64. The number of pyridine rings is 1. The summed E-state index contributed by atoms with van der Waals surface area (Å²) >= 11 is 0. The first-order valence-electron chi connectivity index (χ1n) is 10.1. The molecule has 1 aromatic heterocycles. The molecule has 2 aromatic carbocycles. The van der Waals surface area contributed by atoms with E-state index in [1.165, 1.54) is 0 Å². The molecule has 4 rings (SSSR count). The fraction of sp³-hybridized carbons (Fsp3) is 0.304. The van der Waals surface area contributed by atoms with Gasteiger partial charge < -0.3 is 29.7 Å². The molecule has 8 nitrogen and oxygen atoms in total. The topological polar surface area (TPSA) is 85.0 Å². The standard InChI is InChI=1S/C23H26N4O4/c1-15-12-22(27-8-10-31-11-9-27)26-19-6-4-16(13-18(15)19)24-23(28)25-17-5-7-20(29-2)21(14-17)30-3/h4-7,12-14H,8-11H2,1-3H3,(H2,24,25,28). The summed E-state index contributed by atoms with van der Waals surface area (Å²) in [7, 11) is 3.12. The van der Waals surface area contributed by atoms with Gasteiger partial charge in [-0.2, -0.15) is 0 Å². The molecule has 0 aliphatic carbocycles. The average molecular weight is 422 g/mol. The van der Waals surface area contributed by atoms with Crippen LogP contribution in [0.15, 0.2) is 42.5 Å². The van der Waals surface area contributed by atoms with E-state index in [4.69, 9.17) is 19.2 Å². The number of aryl methyl sites for hydroxylation is 1. The first kappa shape index (κ1) is 20.7. The average Bonchev–Trinajstić information content (AvgIpc) is 2.79. The first-order chi connectivity index (χ1) is 15.1. The number of rotatable bonds is 5. The van der Waals surface area contributed by atoms with Crippen LogP contribution in [-0.4, -0.2) is 51.5 Å². The zero-order valence-electron chi connectivity index (χ0n) is 17.9. The normalized spacial score (nSPS) is 13.7. The Labute approximate surface area is 181 Å². The van der Waals surface area contributed by atoms with E-state index in [0.29, 0.717) is 22.9 Å². The van der Waals surface area contributed by atoms with Crippen molar-refractivity contribution in [1.29, 1.82) is 0 Å². The first-order valence-corrected chi connectivity index (χ1v) is 10.1. The number of benzene rings is 2. The van der Waals surface area contributed by atoms with Gasteiger partial charge in [0, 0.05) is 35.9 Å². The Morgan fingerprint density at radius 3 is 2.35 bits per heavy atom. The van der Waals surface area contributed by atoms with Crippen molar-refractivity contribution in [1.82, 2.24) is 4.98 Å². The van der Waals surface area contributed by atoms with Crippen molar-refractivity contribution in [2.75, 3.05) is 56.1 Å². The summed E-state index contributed by atoms with van der Waals surface area (Å²) in [5.41, 5.74) is 3.29. The van der Waals surface area contributed by atoms with Gasteiger partial charge in [-0.05, 0) is 48.9 Å². The monoisotopic (exact) mass is 422 g/mol. The summed E-state index contributed by atoms with van der Waals surface area (Å²) < 4.78 is 15.9. The molecular formula is C23H26N4O4. The van der Waals surface area contributed by atoms with Crippen LogP contribution in [0.3, 0.4) is 0 Å². The number of nitrogens with zero attached hydrogens (tertiary/aromatic N) is 2. The quantitative estimate of drug-likeness (QED) is 0.646. The molecule has 1 saturated heterocycles. The molecular weight excluding hydrogens is 396 g/mol. The molecule has 0 atom stereocenters. The Bertz CT molecular complexity index is 1100. The second-order valence-electron chi connectivity index (χ2n) is 7.28. The lowest BCUT2D eigenvalue weighted by Gasteiger charge is -2.28. The van der Waals surface area contributed by atoms with E-state index in [9.17, 15) is 4.79 Å². The number of nitrogens with one attached hydrogen (secondary N) is 2. The number of carbonyl (C=O) groups excluding carboxylic acids is 1. The second kappa shape index (κ2) is 9.09. The summed E-state index contributed by atoms with van der Waals surface area (Å²) in [6.45, 7) is 5.18. The van der Waals surface area contributed by atoms with Crippen LogP contribution in [0.25, 0.3) is 10.9 Å². The van der Waals surface area contributed by atoms with Gasteiger partial charge in [-0.15, -0.1) is 0 Å². The SMILES string of the molecule is COc1ccc(NC(=O)Nc2ccc3nc(N4CCOCC4)cc(C)c3c2)cc1OC. The third-order valence-electron chi connectivity index (χ3n) is 5.24. The van der Waals surface area contributed by atoms with Crippen LogP contribution in [0.5, 0.6) is 11.5 Å². The van der Waals surface area contributed by atoms with Crippen LogP contribution in [-0.2, 0) is 4.74 Å². The number of hydrogen-bond acceptors (Lipinski definition) is 6. The van der Waals surface area contributed by atoms with Crippen molar-refractivity contribution in [2.24, 2.45) is 0 Å². The highest BCUT2D eigenvalue weighted by atomic mass is 16.5. The van der Waals surface area contributed by atoms with E-state index in [1.807, 2.05) is 18.2 Å². The van der Waals surface area contributed by atoms with Gasteiger partial charge in [0.05, 0.1) is 33.0 Å². The molecule has 162 valence electrons. The number of anilines is 3. The molecule has 1 fully saturated rings. The molecule has 0 bridgehead atoms. The number of hydrogen-bond donors (Lipinski definition) is 2. The number of fused-ring (bicyclic) bond motifs is 1. The summed E-state index contributed by atoms with van der Waals surface area (Å²) in [5, 5.41) is 6.69. The maximum Gasteiger partial charge on any atom is 0.323 e. The summed E-state index contributed by atoms with van der Waals surface area (Å²) in [5.74, 6) is 2.10. The number of methoxy groups -OCH3 is 2. The van der Waals surface area contributed by atoms with E-state index < -0.39 is 0 Å². The van der Waals surface area contributed by atoms with Crippen molar-refractivity contribution in [2.45, 2.75) is 6.92 Å². The van der Waals surface area contributed by atoms with Gasteiger partial charge in [0.15, 0.2) is 11.5 Å². The van der Waals surface area contributed by atoms with Gasteiger partial charge in [0.25, 0.3) is 0 Å². The number of morpholine rings is 1. The van der Waals surface area contributed by atoms with Gasteiger partial charge in [0.2, 0.25) is 0 Å². The molecule has 0 unspecified atom stereocenters. The Morgan fingerprint density at radius 2 is 1.65 bits per heavy atom. The molecule has 8 heteroatoms. The van der Waals surface area contributed by atoms with Crippen molar-refractivity contribution < 1.29 is 19.0 Å². The molecule has 0 saturated carbocycles. The second-order valence-corrected chi connectivity index (χ2v) is 7.28. The van der Waals surface area contributed by atoms with Crippen LogP contribution in [0.1, 0.15) is 5.56 Å². The lowest BCUT2D eigenvalue weighted by Crippen LogP contribution is -2.36. The van der Waals surface area contributed by atoms with Gasteiger partial charge in [-0.3, -0.25) is 0 Å². The molecule has 3 aromatic rings. The fourth-order valence-corrected chi connectivity index (χ4v) is 3.62. The number of urea groups is 1. The zero-order valence-corrected chi connectivity index (χ0v) is 17.9. The van der Waals surface area contributed by atoms with Gasteiger partial charge in [-0.1, -0.05) is 0 Å². The van der Waals surface area contributed by atoms with E-state index >= 15 is 0 Å². The zero-order chi connectivity index (χ0) is 21.8. The Balaban J connectivity index is 1.49. The van der Waals surface area contributed by atoms with Crippen LogP contribution >= 0.6 is 0 Å². The molecule has 2 heterocycles. The summed E-state index contributed by atoms with van der Waals surface area (Å²) in [4.78, 5) is 19.5. The van der Waals surface area contributed by atoms with E-state index in [1.54, 1.807) is 32.4 Å². The Hall–Kier alpha value is -3.52. The minimum atomic E-state index is -0.345. The number of carbonyl (C=O) groups is 1. The van der Waals surface area contributed by atoms with E-state index in [0.717, 1.165) is 48.6 Å². The van der Waals surface area contributed by atoms with Crippen molar-refractivity contribution in [3.05, 3.63) is 48.0 Å². The van der Waals surface area contributed by atoms with Crippen molar-refractivity contribution in [3.63, 3.8) is 0 Å². The predicted octanol–water partition coefficient (Wildman–Crippen LogP) is 4.04. The van der Waals surface area contributed by atoms with Crippen molar-refractivity contribution >= 4 is 34.1 Å². The Morgan fingerprint density at radius 1 is 0.968 bits per heavy atom. The summed E-state index contributed by atoms with van der Waals surface area (Å²) in [6, 6.07) is 12.7. The number of aromatic nitrogens is 1. The molecule has 0 radical (unpaired) electrons. The van der Waals surface area contributed by atoms with Crippen LogP contribution in [0.4, 0.5) is 22.0 Å². The molecule has 0 spiro atoms. The minimum absolute atomic E-state index is 0.345. The minimum Gasteiger partial charge on any atom is -0.493 e. The molecule has 2 N–H and O–H groups in total. The van der Waals surface area contributed by atoms with Gasteiger partial charge in [0.1, 0.15) is 5.82 Å². The van der Waals surface area contributed by atoms with Crippen LogP contribution in [0.2, 0.25) is 0 Å². The molecule has 1 aliphatic heterocycles. The highest BCUT2D eigenvalue weighted by molar-refractivity contribution is 6.01. The predicted molar refractivity (Wildman–Crippen MR) is 122 cm³/mol. The smallest absolute Gasteiger partial charge is 0.323 e. The van der Waals surface area contributed by atoms with Gasteiger partial charge >= 0.3 is 6.03 Å². The molecule has 1 aliphatic rings. The lowest BCUT2D eigenvalue weighted by molar-refractivity contribution is 0.122. The Kier molecular flexibility index (Phi) is 6.08. The van der Waals surface area contributed by atoms with E-state index in [-0.39, 0.29) is 6.03 Å². The third-order valence-corrected chi connectivity index (χ3v) is 5.24. The highest BCUT2D eigenvalue weighted by Gasteiger charge is 2.14. The maximum atomic E-state index is 12.5. The summed E-state index contributed by atoms with van der Waals surface area (Å²) in [6.07, 6.45) is 0. The fourth-order valence-electron chi connectivity index (χ4n) is 3.62.